The molecule has 20 heavy (non-hydrogen) atoms. The Labute approximate surface area is 142 Å². The minimum absolute atomic E-state index is 0.192. The Morgan fingerprint density at radius 1 is 1.05 bits per heavy atom. The Bertz CT molecular complexity index is 659. The number of nitrogens with one attached hydrogen (secondary N) is 1. The zero-order chi connectivity index (χ0) is 14.7. The van der Waals surface area contributed by atoms with Crippen LogP contribution >= 0.6 is 47.8 Å². The molecular weight excluding hydrogens is 454 g/mol. The van der Waals surface area contributed by atoms with E-state index in [1.54, 1.807) is 19.2 Å². The summed E-state index contributed by atoms with van der Waals surface area (Å²) < 4.78 is 7.55. The highest BCUT2D eigenvalue weighted by atomic mass is 79.9. The molecule has 6 heteroatoms. The van der Waals surface area contributed by atoms with E-state index in [4.69, 9.17) is 4.74 Å². The van der Waals surface area contributed by atoms with Gasteiger partial charge in [-0.05, 0) is 66.0 Å². The molecule has 3 nitrogen and oxygen atoms in total. The third-order valence-corrected chi connectivity index (χ3v) is 4.58. The van der Waals surface area contributed by atoms with Gasteiger partial charge in [-0.1, -0.05) is 12.1 Å². The minimum Gasteiger partial charge on any atom is -0.495 e. The number of amides is 1. The smallest absolute Gasteiger partial charge is 0.256 e. The highest BCUT2D eigenvalue weighted by Crippen LogP contribution is 2.34. The van der Waals surface area contributed by atoms with Gasteiger partial charge in [0.05, 0.1) is 22.8 Å². The molecular formula is C14H10Br3NO2. The van der Waals surface area contributed by atoms with Gasteiger partial charge < -0.3 is 10.1 Å². The number of ether oxygens (including phenoxy) is 1. The maximum absolute atomic E-state index is 12.3. The van der Waals surface area contributed by atoms with Crippen LogP contribution in [-0.4, -0.2) is 13.0 Å². The van der Waals surface area contributed by atoms with Crippen molar-refractivity contribution in [3.05, 3.63) is 55.4 Å². The summed E-state index contributed by atoms with van der Waals surface area (Å²) in [5, 5.41) is 2.85. The van der Waals surface area contributed by atoms with E-state index in [1.165, 1.54) is 0 Å². The second-order valence-electron chi connectivity index (χ2n) is 3.90. The Morgan fingerprint density at radius 2 is 1.75 bits per heavy atom. The maximum Gasteiger partial charge on any atom is 0.256 e. The molecule has 0 saturated heterocycles. The Balaban J connectivity index is 2.31. The van der Waals surface area contributed by atoms with Gasteiger partial charge in [0.2, 0.25) is 0 Å². The van der Waals surface area contributed by atoms with Gasteiger partial charge in [0.1, 0.15) is 5.75 Å². The number of hydrogen-bond acceptors (Lipinski definition) is 2. The van der Waals surface area contributed by atoms with Gasteiger partial charge in [-0.2, -0.15) is 0 Å². The predicted octanol–water partition coefficient (Wildman–Crippen LogP) is 5.24. The molecule has 0 aliphatic carbocycles. The topological polar surface area (TPSA) is 38.3 Å². The summed E-state index contributed by atoms with van der Waals surface area (Å²) in [5.41, 5.74) is 1.21. The standard InChI is InChI=1S/C14H10Br3NO2/c1-20-13-7-12(10(16)6-11(13)17)18-14(19)8-4-2-3-5-9(8)15/h2-7H,1H3,(H,18,19). The van der Waals surface area contributed by atoms with Crippen LogP contribution in [0.1, 0.15) is 10.4 Å². The molecule has 104 valence electrons. The number of carbonyl (C=O) groups excluding carboxylic acids is 1. The molecule has 0 atom stereocenters. The van der Waals surface area contributed by atoms with Crippen LogP contribution in [0.15, 0.2) is 49.8 Å². The van der Waals surface area contributed by atoms with E-state index in [2.05, 4.69) is 53.1 Å². The summed E-state index contributed by atoms with van der Waals surface area (Å²) >= 11 is 10.2. The zero-order valence-corrected chi connectivity index (χ0v) is 15.2. The molecule has 1 N–H and O–H groups in total. The molecule has 0 fully saturated rings. The summed E-state index contributed by atoms with van der Waals surface area (Å²) in [5.74, 6) is 0.457. The summed E-state index contributed by atoms with van der Waals surface area (Å²) in [6.07, 6.45) is 0. The molecule has 0 aliphatic rings. The van der Waals surface area contributed by atoms with Crippen molar-refractivity contribution in [1.29, 1.82) is 0 Å². The van der Waals surface area contributed by atoms with E-state index in [1.807, 2.05) is 24.3 Å². The highest BCUT2D eigenvalue weighted by molar-refractivity contribution is 9.11. The number of hydrogen-bond donors (Lipinski definition) is 1. The summed E-state index contributed by atoms with van der Waals surface area (Å²) in [7, 11) is 1.58. The van der Waals surface area contributed by atoms with Crippen molar-refractivity contribution >= 4 is 59.4 Å². The molecule has 2 aromatic carbocycles. The number of benzene rings is 2. The number of anilines is 1. The monoisotopic (exact) mass is 461 g/mol. The Hall–Kier alpha value is -0.850. The first kappa shape index (κ1) is 15.5. The lowest BCUT2D eigenvalue weighted by molar-refractivity contribution is 0.102. The molecule has 2 rings (SSSR count). The van der Waals surface area contributed by atoms with Crippen LogP contribution < -0.4 is 10.1 Å². The molecule has 1 amide bonds. The lowest BCUT2D eigenvalue weighted by Crippen LogP contribution is -2.13. The van der Waals surface area contributed by atoms with Crippen LogP contribution in [0.4, 0.5) is 5.69 Å². The normalized spacial score (nSPS) is 10.2. The third-order valence-electron chi connectivity index (χ3n) is 2.61. The second-order valence-corrected chi connectivity index (χ2v) is 6.46. The number of halogens is 3. The average molecular weight is 464 g/mol. The second kappa shape index (κ2) is 6.74. The van der Waals surface area contributed by atoms with Crippen LogP contribution in [0.25, 0.3) is 0 Å². The first-order valence-corrected chi connectivity index (χ1v) is 7.99. The minimum atomic E-state index is -0.192. The van der Waals surface area contributed by atoms with Crippen molar-refractivity contribution in [2.24, 2.45) is 0 Å². The van der Waals surface area contributed by atoms with Crippen LogP contribution in [0.5, 0.6) is 5.75 Å². The van der Waals surface area contributed by atoms with Crippen molar-refractivity contribution in [1.82, 2.24) is 0 Å². The fourth-order valence-corrected chi connectivity index (χ4v) is 3.34. The van der Waals surface area contributed by atoms with Gasteiger partial charge in [-0.25, -0.2) is 0 Å². The number of methoxy groups -OCH3 is 1. The van der Waals surface area contributed by atoms with Gasteiger partial charge in [0, 0.05) is 15.0 Å². The summed E-state index contributed by atoms with van der Waals surface area (Å²) in [4.78, 5) is 12.3. The quantitative estimate of drug-likeness (QED) is 0.676. The first-order chi connectivity index (χ1) is 9.52. The van der Waals surface area contributed by atoms with Crippen LogP contribution in [-0.2, 0) is 0 Å². The van der Waals surface area contributed by atoms with Crippen LogP contribution in [0.3, 0.4) is 0 Å². The van der Waals surface area contributed by atoms with Crippen molar-refractivity contribution in [3.8, 4) is 5.75 Å². The Morgan fingerprint density at radius 3 is 2.40 bits per heavy atom. The van der Waals surface area contributed by atoms with Crippen molar-refractivity contribution in [2.75, 3.05) is 12.4 Å². The molecule has 0 unspecified atom stereocenters. The van der Waals surface area contributed by atoms with E-state index in [0.717, 1.165) is 13.4 Å². The van der Waals surface area contributed by atoms with Gasteiger partial charge >= 0.3 is 0 Å². The van der Waals surface area contributed by atoms with Crippen molar-refractivity contribution < 1.29 is 9.53 Å². The lowest BCUT2D eigenvalue weighted by Gasteiger charge is -2.11. The van der Waals surface area contributed by atoms with Gasteiger partial charge in [0.25, 0.3) is 5.91 Å². The van der Waals surface area contributed by atoms with Crippen LogP contribution in [0, 0.1) is 0 Å². The van der Waals surface area contributed by atoms with Crippen molar-refractivity contribution in [3.63, 3.8) is 0 Å². The lowest BCUT2D eigenvalue weighted by atomic mass is 10.2. The van der Waals surface area contributed by atoms with E-state index in [-0.39, 0.29) is 5.91 Å². The third kappa shape index (κ3) is 3.42. The number of carbonyl (C=O) groups is 1. The van der Waals surface area contributed by atoms with E-state index in [0.29, 0.717) is 17.0 Å². The van der Waals surface area contributed by atoms with Gasteiger partial charge in [0.15, 0.2) is 0 Å². The van der Waals surface area contributed by atoms with Crippen molar-refractivity contribution in [2.45, 2.75) is 0 Å². The van der Waals surface area contributed by atoms with E-state index < -0.39 is 0 Å². The maximum atomic E-state index is 12.3. The highest BCUT2D eigenvalue weighted by Gasteiger charge is 2.13. The summed E-state index contributed by atoms with van der Waals surface area (Å²) in [6.45, 7) is 0. The zero-order valence-electron chi connectivity index (χ0n) is 10.4. The molecule has 0 radical (unpaired) electrons. The molecule has 0 spiro atoms. The van der Waals surface area contributed by atoms with Gasteiger partial charge in [-0.3, -0.25) is 4.79 Å². The fraction of sp³-hybridized carbons (Fsp3) is 0.0714. The predicted molar refractivity (Wildman–Crippen MR) is 90.5 cm³/mol. The SMILES string of the molecule is COc1cc(NC(=O)c2ccccc2Br)c(Br)cc1Br. The molecule has 0 heterocycles. The van der Waals surface area contributed by atoms with E-state index >= 15 is 0 Å². The summed E-state index contributed by atoms with van der Waals surface area (Å²) in [6, 6.07) is 10.8. The Kier molecular flexibility index (Phi) is 5.23. The first-order valence-electron chi connectivity index (χ1n) is 5.62. The molecule has 0 saturated carbocycles. The largest absolute Gasteiger partial charge is 0.495 e. The average Bonchev–Trinajstić information content (AvgIpc) is 2.42. The fourth-order valence-electron chi connectivity index (χ4n) is 1.62. The van der Waals surface area contributed by atoms with E-state index in [9.17, 15) is 4.79 Å². The van der Waals surface area contributed by atoms with Gasteiger partial charge in [-0.15, -0.1) is 0 Å². The number of rotatable bonds is 3. The molecule has 0 bridgehead atoms. The molecule has 0 aliphatic heterocycles. The van der Waals surface area contributed by atoms with Crippen LogP contribution in [0.2, 0.25) is 0 Å². The molecule has 2 aromatic rings. The molecule has 0 aromatic heterocycles.